The first kappa shape index (κ1) is 16.2. The molecule has 0 saturated heterocycles. The molecule has 2 heterocycles. The van der Waals surface area contributed by atoms with Gasteiger partial charge in [-0.3, -0.25) is 9.59 Å². The summed E-state index contributed by atoms with van der Waals surface area (Å²) in [5, 5.41) is 0. The van der Waals surface area contributed by atoms with E-state index in [1.807, 2.05) is 30.3 Å². The van der Waals surface area contributed by atoms with Gasteiger partial charge in [0.2, 0.25) is 5.88 Å². The van der Waals surface area contributed by atoms with Crippen LogP contribution in [-0.2, 0) is 20.7 Å². The summed E-state index contributed by atoms with van der Waals surface area (Å²) in [5.74, 6) is 0.448. The number of rotatable bonds is 5. The van der Waals surface area contributed by atoms with Gasteiger partial charge >= 0.3 is 5.97 Å². The standard InChI is InChI=1S/C19H19NO4/c1-3-23-18(22)11-16(12(2)21)13-6-7-17-15(9-13)10-14-5-4-8-20-19(14)24-17/h4-9,16H,3,10-11H2,1-2H3. The number of carbonyl (C=O) groups is 2. The van der Waals surface area contributed by atoms with Crippen LogP contribution in [-0.4, -0.2) is 23.3 Å². The molecule has 0 N–H and O–H groups in total. The molecule has 0 amide bonds. The number of hydrogen-bond acceptors (Lipinski definition) is 5. The number of benzene rings is 1. The lowest BCUT2D eigenvalue weighted by molar-refractivity contribution is -0.144. The second kappa shape index (κ2) is 6.83. The lowest BCUT2D eigenvalue weighted by Gasteiger charge is -2.21. The number of esters is 1. The third-order valence-corrected chi connectivity index (χ3v) is 4.09. The molecule has 0 bridgehead atoms. The molecule has 1 aliphatic heterocycles. The Bertz CT molecular complexity index is 785. The Morgan fingerprint density at radius 3 is 2.88 bits per heavy atom. The molecule has 1 aliphatic rings. The minimum absolute atomic E-state index is 0.0539. The normalized spacial score (nSPS) is 13.2. The van der Waals surface area contributed by atoms with Crippen LogP contribution < -0.4 is 4.74 Å². The zero-order chi connectivity index (χ0) is 17.1. The maximum Gasteiger partial charge on any atom is 0.306 e. The second-order valence-electron chi connectivity index (χ2n) is 5.79. The molecule has 1 aromatic carbocycles. The van der Waals surface area contributed by atoms with Crippen molar-refractivity contribution in [2.75, 3.05) is 6.61 Å². The molecule has 0 saturated carbocycles. The summed E-state index contributed by atoms with van der Waals surface area (Å²) in [6.45, 7) is 3.56. The Kier molecular flexibility index (Phi) is 4.60. The number of hydrogen-bond donors (Lipinski definition) is 0. The quantitative estimate of drug-likeness (QED) is 0.673. The molecule has 124 valence electrons. The molecule has 1 unspecified atom stereocenters. The molecular formula is C19H19NO4. The van der Waals surface area contributed by atoms with Crippen molar-refractivity contribution in [1.29, 1.82) is 0 Å². The molecule has 1 aromatic heterocycles. The van der Waals surface area contributed by atoms with Crippen LogP contribution in [0.25, 0.3) is 0 Å². The third kappa shape index (κ3) is 3.30. The number of carbonyl (C=O) groups excluding carboxylic acids is 2. The second-order valence-corrected chi connectivity index (χ2v) is 5.79. The van der Waals surface area contributed by atoms with E-state index in [1.54, 1.807) is 13.1 Å². The number of ketones is 1. The Morgan fingerprint density at radius 2 is 2.12 bits per heavy atom. The predicted octanol–water partition coefficient (Wildman–Crippen LogP) is 3.40. The first-order chi connectivity index (χ1) is 11.6. The van der Waals surface area contributed by atoms with Crippen molar-refractivity contribution >= 4 is 11.8 Å². The highest BCUT2D eigenvalue weighted by molar-refractivity contribution is 5.88. The maximum atomic E-state index is 12.0. The molecule has 2 aromatic rings. The first-order valence-electron chi connectivity index (χ1n) is 7.99. The van der Waals surface area contributed by atoms with Gasteiger partial charge in [0.1, 0.15) is 11.5 Å². The number of Topliss-reactive ketones (excluding diaryl/α,β-unsaturated/α-hetero) is 1. The molecule has 0 aliphatic carbocycles. The van der Waals surface area contributed by atoms with Crippen LogP contribution in [0.3, 0.4) is 0 Å². The summed E-state index contributed by atoms with van der Waals surface area (Å²) in [6, 6.07) is 9.45. The smallest absolute Gasteiger partial charge is 0.306 e. The van der Waals surface area contributed by atoms with Gasteiger partial charge < -0.3 is 9.47 Å². The highest BCUT2D eigenvalue weighted by Gasteiger charge is 2.24. The van der Waals surface area contributed by atoms with E-state index >= 15 is 0 Å². The molecule has 24 heavy (non-hydrogen) atoms. The van der Waals surface area contributed by atoms with Gasteiger partial charge in [-0.05, 0) is 37.1 Å². The molecule has 0 spiro atoms. The van der Waals surface area contributed by atoms with E-state index in [4.69, 9.17) is 9.47 Å². The lowest BCUT2D eigenvalue weighted by atomic mass is 9.89. The number of pyridine rings is 1. The zero-order valence-electron chi connectivity index (χ0n) is 13.7. The fraction of sp³-hybridized carbons (Fsp3) is 0.316. The molecule has 5 nitrogen and oxygen atoms in total. The minimum atomic E-state index is -0.496. The van der Waals surface area contributed by atoms with Gasteiger partial charge in [0, 0.05) is 18.2 Å². The highest BCUT2D eigenvalue weighted by Crippen LogP contribution is 2.36. The van der Waals surface area contributed by atoms with Crippen LogP contribution >= 0.6 is 0 Å². The van der Waals surface area contributed by atoms with E-state index in [-0.39, 0.29) is 18.2 Å². The monoisotopic (exact) mass is 325 g/mol. The summed E-state index contributed by atoms with van der Waals surface area (Å²) in [4.78, 5) is 28.0. The van der Waals surface area contributed by atoms with E-state index in [0.717, 1.165) is 22.4 Å². The SMILES string of the molecule is CCOC(=O)CC(C(C)=O)c1ccc2c(c1)Cc1cccnc1O2. The minimum Gasteiger partial charge on any atom is -0.466 e. The average Bonchev–Trinajstić information content (AvgIpc) is 2.57. The Hall–Kier alpha value is -2.69. The van der Waals surface area contributed by atoms with Crippen molar-refractivity contribution in [1.82, 2.24) is 4.98 Å². The van der Waals surface area contributed by atoms with Crippen molar-refractivity contribution in [3.8, 4) is 11.6 Å². The van der Waals surface area contributed by atoms with E-state index < -0.39 is 5.92 Å². The fourth-order valence-electron chi connectivity index (χ4n) is 2.90. The van der Waals surface area contributed by atoms with E-state index in [0.29, 0.717) is 18.9 Å². The third-order valence-electron chi connectivity index (χ3n) is 4.09. The van der Waals surface area contributed by atoms with Crippen LogP contribution in [0.5, 0.6) is 11.6 Å². The van der Waals surface area contributed by atoms with Gasteiger partial charge in [-0.2, -0.15) is 0 Å². The van der Waals surface area contributed by atoms with Crippen LogP contribution in [0.2, 0.25) is 0 Å². The molecule has 3 rings (SSSR count). The number of nitrogens with zero attached hydrogens (tertiary/aromatic N) is 1. The van der Waals surface area contributed by atoms with Gasteiger partial charge in [0.05, 0.1) is 18.9 Å². The van der Waals surface area contributed by atoms with Gasteiger partial charge in [-0.15, -0.1) is 0 Å². The van der Waals surface area contributed by atoms with Gasteiger partial charge in [-0.1, -0.05) is 18.2 Å². The molecule has 0 radical (unpaired) electrons. The summed E-state index contributed by atoms with van der Waals surface area (Å²) in [7, 11) is 0. The summed E-state index contributed by atoms with van der Waals surface area (Å²) in [5.41, 5.74) is 2.81. The van der Waals surface area contributed by atoms with Crippen molar-refractivity contribution in [2.24, 2.45) is 0 Å². The first-order valence-corrected chi connectivity index (χ1v) is 7.99. The van der Waals surface area contributed by atoms with Gasteiger partial charge in [0.15, 0.2) is 0 Å². The zero-order valence-corrected chi connectivity index (χ0v) is 13.7. The lowest BCUT2D eigenvalue weighted by Crippen LogP contribution is -2.17. The van der Waals surface area contributed by atoms with E-state index in [9.17, 15) is 9.59 Å². The highest BCUT2D eigenvalue weighted by atomic mass is 16.5. The van der Waals surface area contributed by atoms with Crippen LogP contribution in [0, 0.1) is 0 Å². The van der Waals surface area contributed by atoms with Gasteiger partial charge in [-0.25, -0.2) is 4.98 Å². The van der Waals surface area contributed by atoms with E-state index in [1.165, 1.54) is 6.92 Å². The van der Waals surface area contributed by atoms with Crippen molar-refractivity contribution in [2.45, 2.75) is 32.6 Å². The van der Waals surface area contributed by atoms with Crippen LogP contribution in [0.1, 0.15) is 42.9 Å². The molecule has 5 heteroatoms. The number of ether oxygens (including phenoxy) is 2. The summed E-state index contributed by atoms with van der Waals surface area (Å²) < 4.78 is 10.8. The fourth-order valence-corrected chi connectivity index (χ4v) is 2.90. The Morgan fingerprint density at radius 1 is 1.29 bits per heavy atom. The molecule has 0 fully saturated rings. The Balaban J connectivity index is 1.87. The van der Waals surface area contributed by atoms with Crippen LogP contribution in [0.4, 0.5) is 0 Å². The van der Waals surface area contributed by atoms with Crippen LogP contribution in [0.15, 0.2) is 36.5 Å². The van der Waals surface area contributed by atoms with Crippen molar-refractivity contribution in [3.05, 3.63) is 53.2 Å². The topological polar surface area (TPSA) is 65.5 Å². The maximum absolute atomic E-state index is 12.0. The Labute approximate surface area is 140 Å². The summed E-state index contributed by atoms with van der Waals surface area (Å²) in [6.07, 6.45) is 2.45. The molecular weight excluding hydrogens is 306 g/mol. The number of aromatic nitrogens is 1. The predicted molar refractivity (Wildman–Crippen MR) is 88.2 cm³/mol. The summed E-state index contributed by atoms with van der Waals surface area (Å²) >= 11 is 0. The average molecular weight is 325 g/mol. The number of fused-ring (bicyclic) bond motifs is 2. The van der Waals surface area contributed by atoms with E-state index in [2.05, 4.69) is 4.98 Å². The van der Waals surface area contributed by atoms with Gasteiger partial charge in [0.25, 0.3) is 0 Å². The largest absolute Gasteiger partial charge is 0.466 e. The van der Waals surface area contributed by atoms with Crippen molar-refractivity contribution < 1.29 is 19.1 Å². The van der Waals surface area contributed by atoms with Crippen molar-refractivity contribution in [3.63, 3.8) is 0 Å². The molecule has 1 atom stereocenters.